The largest absolute Gasteiger partial charge is 0.497 e. The third-order valence-electron chi connectivity index (χ3n) is 4.47. The Kier molecular flexibility index (Phi) is 8.04. The Morgan fingerprint density at radius 1 is 1.14 bits per heavy atom. The summed E-state index contributed by atoms with van der Waals surface area (Å²) in [5.74, 6) is 1.66. The Bertz CT molecular complexity index is 691. The quantitative estimate of drug-likeness (QED) is 0.608. The van der Waals surface area contributed by atoms with Crippen molar-refractivity contribution in [3.05, 3.63) is 23.8 Å². The molecular formula is C21H31NO5S. The SMILES string of the molecule is COc1ccc(C(=O)N2C(CC(C)C)SCC2C(=O)OCC(C)C)c(OC)c1. The van der Waals surface area contributed by atoms with Gasteiger partial charge < -0.3 is 19.1 Å². The van der Waals surface area contributed by atoms with Gasteiger partial charge in [0.1, 0.15) is 17.5 Å². The molecule has 7 heteroatoms. The number of ether oxygens (including phenoxy) is 3. The molecule has 0 radical (unpaired) electrons. The zero-order valence-electron chi connectivity index (χ0n) is 17.6. The first-order valence-electron chi connectivity index (χ1n) is 9.61. The highest BCUT2D eigenvalue weighted by Gasteiger charge is 2.43. The molecule has 0 spiro atoms. The number of hydrogen-bond donors (Lipinski definition) is 0. The number of carbonyl (C=O) groups excluding carboxylic acids is 2. The van der Waals surface area contributed by atoms with E-state index < -0.39 is 6.04 Å². The number of amides is 1. The van der Waals surface area contributed by atoms with Gasteiger partial charge in [0.15, 0.2) is 0 Å². The summed E-state index contributed by atoms with van der Waals surface area (Å²) >= 11 is 1.63. The van der Waals surface area contributed by atoms with Crippen LogP contribution in [0.1, 0.15) is 44.5 Å². The van der Waals surface area contributed by atoms with Gasteiger partial charge in [-0.25, -0.2) is 4.79 Å². The molecule has 1 aliphatic heterocycles. The number of methoxy groups -OCH3 is 2. The van der Waals surface area contributed by atoms with Crippen LogP contribution < -0.4 is 9.47 Å². The van der Waals surface area contributed by atoms with Crippen molar-refractivity contribution in [2.75, 3.05) is 26.6 Å². The van der Waals surface area contributed by atoms with Crippen LogP contribution in [0.15, 0.2) is 18.2 Å². The summed E-state index contributed by atoms with van der Waals surface area (Å²) in [6.07, 6.45) is 0.808. The van der Waals surface area contributed by atoms with Gasteiger partial charge in [0.05, 0.1) is 31.8 Å². The summed E-state index contributed by atoms with van der Waals surface area (Å²) in [4.78, 5) is 27.8. The second kappa shape index (κ2) is 10.0. The molecular weight excluding hydrogens is 378 g/mol. The van der Waals surface area contributed by atoms with E-state index in [0.717, 1.165) is 6.42 Å². The van der Waals surface area contributed by atoms with Crippen LogP contribution in [-0.4, -0.2) is 54.8 Å². The van der Waals surface area contributed by atoms with Crippen LogP contribution in [0.3, 0.4) is 0 Å². The molecule has 0 bridgehead atoms. The van der Waals surface area contributed by atoms with Gasteiger partial charge in [-0.2, -0.15) is 0 Å². The Hall–Kier alpha value is -1.89. The maximum absolute atomic E-state index is 13.5. The normalized spacial score (nSPS) is 19.2. The predicted molar refractivity (Wildman–Crippen MR) is 111 cm³/mol. The van der Waals surface area contributed by atoms with E-state index >= 15 is 0 Å². The fourth-order valence-electron chi connectivity index (χ4n) is 3.06. The minimum Gasteiger partial charge on any atom is -0.497 e. The van der Waals surface area contributed by atoms with E-state index in [0.29, 0.717) is 35.3 Å². The van der Waals surface area contributed by atoms with Gasteiger partial charge in [0.2, 0.25) is 0 Å². The lowest BCUT2D eigenvalue weighted by atomic mass is 10.1. The molecule has 6 nitrogen and oxygen atoms in total. The van der Waals surface area contributed by atoms with Crippen molar-refractivity contribution in [2.24, 2.45) is 11.8 Å². The van der Waals surface area contributed by atoms with Gasteiger partial charge in [-0.3, -0.25) is 4.79 Å². The van der Waals surface area contributed by atoms with Gasteiger partial charge >= 0.3 is 5.97 Å². The van der Waals surface area contributed by atoms with Crippen molar-refractivity contribution >= 4 is 23.6 Å². The summed E-state index contributed by atoms with van der Waals surface area (Å²) in [7, 11) is 3.08. The van der Waals surface area contributed by atoms with E-state index in [4.69, 9.17) is 14.2 Å². The van der Waals surface area contributed by atoms with E-state index in [1.807, 2.05) is 13.8 Å². The topological polar surface area (TPSA) is 65.1 Å². The number of benzene rings is 1. The molecule has 1 amide bonds. The zero-order valence-corrected chi connectivity index (χ0v) is 18.4. The highest BCUT2D eigenvalue weighted by molar-refractivity contribution is 8.00. The molecule has 1 aliphatic rings. The standard InChI is InChI=1S/C21H31NO5S/c1-13(2)9-19-22(17(12-28-19)21(24)27-11-14(3)4)20(23)16-8-7-15(25-5)10-18(16)26-6/h7-8,10,13-14,17,19H,9,11-12H2,1-6H3. The third kappa shape index (κ3) is 5.34. The Balaban J connectivity index is 2.33. The third-order valence-corrected chi connectivity index (χ3v) is 5.78. The summed E-state index contributed by atoms with van der Waals surface area (Å²) in [5, 5.41) is -0.0732. The molecule has 0 N–H and O–H groups in total. The van der Waals surface area contributed by atoms with Crippen LogP contribution >= 0.6 is 11.8 Å². The molecule has 1 aromatic rings. The minimum absolute atomic E-state index is 0.0732. The van der Waals surface area contributed by atoms with Crippen molar-refractivity contribution in [2.45, 2.75) is 45.5 Å². The van der Waals surface area contributed by atoms with Crippen molar-refractivity contribution in [3.63, 3.8) is 0 Å². The number of hydrogen-bond acceptors (Lipinski definition) is 6. The Morgan fingerprint density at radius 3 is 2.43 bits per heavy atom. The average molecular weight is 410 g/mol. The van der Waals surface area contributed by atoms with Crippen LogP contribution in [-0.2, 0) is 9.53 Å². The number of esters is 1. The molecule has 156 valence electrons. The van der Waals surface area contributed by atoms with Crippen LogP contribution in [0.4, 0.5) is 0 Å². The molecule has 0 saturated carbocycles. The maximum Gasteiger partial charge on any atom is 0.329 e. The molecule has 0 aliphatic carbocycles. The highest BCUT2D eigenvalue weighted by atomic mass is 32.2. The molecule has 1 heterocycles. The first kappa shape index (κ1) is 22.4. The minimum atomic E-state index is -0.591. The lowest BCUT2D eigenvalue weighted by Crippen LogP contribution is -2.47. The van der Waals surface area contributed by atoms with Gasteiger partial charge in [-0.1, -0.05) is 27.7 Å². The van der Waals surface area contributed by atoms with Gasteiger partial charge in [-0.05, 0) is 30.4 Å². The molecule has 1 fully saturated rings. The molecule has 2 rings (SSSR count). The highest BCUT2D eigenvalue weighted by Crippen LogP contribution is 2.37. The molecule has 0 aromatic heterocycles. The van der Waals surface area contributed by atoms with Crippen molar-refractivity contribution in [3.8, 4) is 11.5 Å². The molecule has 2 unspecified atom stereocenters. The van der Waals surface area contributed by atoms with E-state index in [2.05, 4.69) is 13.8 Å². The van der Waals surface area contributed by atoms with Gasteiger partial charge in [-0.15, -0.1) is 11.8 Å². The maximum atomic E-state index is 13.5. The van der Waals surface area contributed by atoms with E-state index in [9.17, 15) is 9.59 Å². The van der Waals surface area contributed by atoms with Crippen molar-refractivity contribution in [1.82, 2.24) is 4.90 Å². The predicted octanol–water partition coefficient (Wildman–Crippen LogP) is 3.83. The summed E-state index contributed by atoms with van der Waals surface area (Å²) < 4.78 is 16.1. The number of thioether (sulfide) groups is 1. The summed E-state index contributed by atoms with van der Waals surface area (Å²) in [6, 6.07) is 4.50. The van der Waals surface area contributed by atoms with Crippen LogP contribution in [0.5, 0.6) is 11.5 Å². The van der Waals surface area contributed by atoms with Crippen LogP contribution in [0.2, 0.25) is 0 Å². The van der Waals surface area contributed by atoms with Crippen LogP contribution in [0, 0.1) is 11.8 Å². The smallest absolute Gasteiger partial charge is 0.329 e. The average Bonchev–Trinajstić information content (AvgIpc) is 3.07. The summed E-state index contributed by atoms with van der Waals surface area (Å²) in [6.45, 7) is 8.55. The lowest BCUT2D eigenvalue weighted by molar-refractivity contribution is -0.149. The molecule has 1 aromatic carbocycles. The second-order valence-corrected chi connectivity index (χ2v) is 8.95. The first-order chi connectivity index (χ1) is 13.3. The van der Waals surface area contributed by atoms with Crippen molar-refractivity contribution in [1.29, 1.82) is 0 Å². The molecule has 28 heavy (non-hydrogen) atoms. The zero-order chi connectivity index (χ0) is 20.8. The van der Waals surface area contributed by atoms with E-state index in [1.54, 1.807) is 42.0 Å². The van der Waals surface area contributed by atoms with Gasteiger partial charge in [0, 0.05) is 11.8 Å². The lowest BCUT2D eigenvalue weighted by Gasteiger charge is -2.30. The number of rotatable bonds is 8. The molecule has 2 atom stereocenters. The fraction of sp³-hybridized carbons (Fsp3) is 0.619. The molecule has 1 saturated heterocycles. The van der Waals surface area contributed by atoms with E-state index in [-0.39, 0.29) is 23.2 Å². The van der Waals surface area contributed by atoms with Crippen LogP contribution in [0.25, 0.3) is 0 Å². The first-order valence-corrected chi connectivity index (χ1v) is 10.7. The number of nitrogens with zero attached hydrogens (tertiary/aromatic N) is 1. The van der Waals surface area contributed by atoms with E-state index in [1.165, 1.54) is 7.11 Å². The Labute approximate surface area is 171 Å². The van der Waals surface area contributed by atoms with Gasteiger partial charge in [0.25, 0.3) is 5.91 Å². The van der Waals surface area contributed by atoms with Crippen molar-refractivity contribution < 1.29 is 23.8 Å². The number of carbonyl (C=O) groups is 2. The monoisotopic (exact) mass is 409 g/mol. The summed E-state index contributed by atoms with van der Waals surface area (Å²) in [5.41, 5.74) is 0.418. The Morgan fingerprint density at radius 2 is 1.86 bits per heavy atom. The second-order valence-electron chi connectivity index (χ2n) is 7.74. The fourth-order valence-corrected chi connectivity index (χ4v) is 4.69.